The second-order valence-corrected chi connectivity index (χ2v) is 9.97. The number of piperazine rings is 1. The fourth-order valence-electron chi connectivity index (χ4n) is 4.55. The number of quaternary nitrogens is 1. The maximum Gasteiger partial charge on any atom is 0.221 e. The molecule has 1 heterocycles. The number of hydrogen-bond donors (Lipinski definition) is 1. The zero-order valence-corrected chi connectivity index (χ0v) is 22.8. The van der Waals surface area contributed by atoms with Crippen molar-refractivity contribution < 1.29 is 26.3 Å². The first-order chi connectivity index (χ1) is 14.6. The maximum absolute atomic E-state index is 12.1. The van der Waals surface area contributed by atoms with Crippen LogP contribution in [0.5, 0.6) is 0 Å². The van der Waals surface area contributed by atoms with Crippen molar-refractivity contribution in [1.29, 1.82) is 0 Å². The molecule has 1 saturated heterocycles. The molecule has 0 radical (unpaired) electrons. The van der Waals surface area contributed by atoms with E-state index in [2.05, 4.69) is 31.1 Å². The van der Waals surface area contributed by atoms with E-state index in [0.717, 1.165) is 32.6 Å². The van der Waals surface area contributed by atoms with Crippen molar-refractivity contribution in [2.24, 2.45) is 0 Å². The molecule has 0 aromatic rings. The molecule has 0 aliphatic carbocycles. The van der Waals surface area contributed by atoms with Gasteiger partial charge in [-0.15, -0.1) is 0 Å². The van der Waals surface area contributed by atoms with Crippen molar-refractivity contribution in [2.45, 2.75) is 110 Å². The third-order valence-corrected chi connectivity index (χ3v) is 6.97. The second-order valence-electron chi connectivity index (χ2n) is 9.97. The summed E-state index contributed by atoms with van der Waals surface area (Å²) in [5, 5.41) is 3.13. The van der Waals surface area contributed by atoms with Crippen LogP contribution >= 0.6 is 0 Å². The van der Waals surface area contributed by atoms with Gasteiger partial charge in [-0.05, 0) is 19.3 Å². The third-order valence-electron chi connectivity index (χ3n) is 6.97. The largest absolute Gasteiger partial charge is 1.00 e. The minimum absolute atomic E-state index is 0. The summed E-state index contributed by atoms with van der Waals surface area (Å²) in [5.41, 5.74) is 0. The van der Waals surface area contributed by atoms with Crippen LogP contribution in [0, 0.1) is 0 Å². The summed E-state index contributed by atoms with van der Waals surface area (Å²) < 4.78 is 1.23. The predicted octanol–water partition coefficient (Wildman–Crippen LogP) is 2.76. The van der Waals surface area contributed by atoms with Crippen molar-refractivity contribution in [1.82, 2.24) is 10.2 Å². The number of likely N-dealkylation sites (N-methyl/N-ethyl adjacent to an activating group) is 1. The van der Waals surface area contributed by atoms with Crippen molar-refractivity contribution in [2.75, 3.05) is 52.9 Å². The Morgan fingerprint density at radius 1 is 0.774 bits per heavy atom. The lowest BCUT2D eigenvalue weighted by molar-refractivity contribution is -0.913. The Kier molecular flexibility index (Phi) is 20.4. The van der Waals surface area contributed by atoms with Crippen molar-refractivity contribution in [3.8, 4) is 0 Å². The average Bonchev–Trinajstić information content (AvgIpc) is 2.75. The fourth-order valence-corrected chi connectivity index (χ4v) is 4.55. The maximum atomic E-state index is 12.1. The van der Waals surface area contributed by atoms with Gasteiger partial charge >= 0.3 is 0 Å². The van der Waals surface area contributed by atoms with Gasteiger partial charge in [-0.1, -0.05) is 84.5 Å². The average molecular weight is 505 g/mol. The van der Waals surface area contributed by atoms with Crippen molar-refractivity contribution in [3.63, 3.8) is 0 Å². The van der Waals surface area contributed by atoms with E-state index in [1.165, 1.54) is 108 Å². The zero-order valence-electron chi connectivity index (χ0n) is 21.2. The lowest BCUT2D eigenvalue weighted by Gasteiger charge is -2.42. The van der Waals surface area contributed by atoms with Crippen LogP contribution in [-0.2, 0) is 4.79 Å². The minimum Gasteiger partial charge on any atom is -1.00 e. The molecule has 0 aromatic heterocycles. The molecule has 5 heteroatoms. The molecule has 0 bridgehead atoms. The number of halogens is 1. The molecule has 0 spiro atoms. The van der Waals surface area contributed by atoms with Crippen LogP contribution in [0.15, 0.2) is 0 Å². The number of rotatable bonds is 19. The number of hydrogen-bond acceptors (Lipinski definition) is 2. The highest BCUT2D eigenvalue weighted by atomic mass is 79.9. The molecule has 1 aliphatic rings. The SMILES string of the molecule is CCCCCCCCCCCCNC(=O)CCN1CC[N+](C)(CCCCCC)CC1.[Br-]. The number of unbranched alkanes of at least 4 members (excludes halogenated alkanes) is 12. The Morgan fingerprint density at radius 2 is 1.26 bits per heavy atom. The Balaban J connectivity index is 0.00000900. The Morgan fingerprint density at radius 3 is 1.81 bits per heavy atom. The molecule has 0 aromatic carbocycles. The molecular formula is C26H54BrN3O. The van der Waals surface area contributed by atoms with E-state index in [1.807, 2.05) is 0 Å². The normalized spacial score (nSPS) is 16.1. The first kappa shape index (κ1) is 30.9. The van der Waals surface area contributed by atoms with Crippen LogP contribution in [0.4, 0.5) is 0 Å². The minimum atomic E-state index is 0. The topological polar surface area (TPSA) is 32.3 Å². The van der Waals surface area contributed by atoms with E-state index in [9.17, 15) is 4.79 Å². The number of nitrogens with one attached hydrogen (secondary N) is 1. The summed E-state index contributed by atoms with van der Waals surface area (Å²) in [5.74, 6) is 0.244. The molecule has 1 N–H and O–H groups in total. The summed E-state index contributed by atoms with van der Waals surface area (Å²) in [7, 11) is 2.42. The zero-order chi connectivity index (χ0) is 21.9. The van der Waals surface area contributed by atoms with E-state index < -0.39 is 0 Å². The Bertz CT molecular complexity index is 411. The van der Waals surface area contributed by atoms with Gasteiger partial charge in [-0.2, -0.15) is 0 Å². The van der Waals surface area contributed by atoms with E-state index in [0.29, 0.717) is 6.42 Å². The number of carbonyl (C=O) groups is 1. The molecule has 4 nitrogen and oxygen atoms in total. The summed E-state index contributed by atoms with van der Waals surface area (Å²) in [6.07, 6.45) is 19.6. The number of carbonyl (C=O) groups excluding carboxylic acids is 1. The highest BCUT2D eigenvalue weighted by molar-refractivity contribution is 5.75. The molecule has 1 aliphatic heterocycles. The van der Waals surface area contributed by atoms with Crippen molar-refractivity contribution >= 4 is 5.91 Å². The predicted molar refractivity (Wildman–Crippen MR) is 131 cm³/mol. The molecule has 0 unspecified atom stereocenters. The Labute approximate surface area is 205 Å². The van der Waals surface area contributed by atoms with E-state index in [-0.39, 0.29) is 22.9 Å². The highest BCUT2D eigenvalue weighted by Crippen LogP contribution is 2.13. The van der Waals surface area contributed by atoms with Gasteiger partial charge in [-0.25, -0.2) is 0 Å². The van der Waals surface area contributed by atoms with Crippen LogP contribution in [0.25, 0.3) is 0 Å². The van der Waals surface area contributed by atoms with E-state index in [1.54, 1.807) is 0 Å². The standard InChI is InChI=1S/C26H53N3O.BrH/c1-4-6-8-10-11-12-13-14-15-16-19-27-26(30)18-20-28-21-24-29(3,25-22-28)23-17-9-7-5-2;/h4-25H2,1-3H3;1H. The number of amides is 1. The molecule has 1 rings (SSSR count). The van der Waals surface area contributed by atoms with Crippen LogP contribution < -0.4 is 22.3 Å². The molecule has 0 atom stereocenters. The smallest absolute Gasteiger partial charge is 0.221 e. The van der Waals surface area contributed by atoms with Crippen LogP contribution in [0.1, 0.15) is 110 Å². The van der Waals surface area contributed by atoms with E-state index in [4.69, 9.17) is 0 Å². The summed E-state index contributed by atoms with van der Waals surface area (Å²) in [6, 6.07) is 0. The van der Waals surface area contributed by atoms with Crippen molar-refractivity contribution in [3.05, 3.63) is 0 Å². The summed E-state index contributed by atoms with van der Waals surface area (Å²) in [6.45, 7) is 12.5. The monoisotopic (exact) mass is 503 g/mol. The quantitative estimate of drug-likeness (QED) is 0.217. The van der Waals surface area contributed by atoms with Gasteiger partial charge in [0.15, 0.2) is 0 Å². The summed E-state index contributed by atoms with van der Waals surface area (Å²) in [4.78, 5) is 14.6. The van der Waals surface area contributed by atoms with Gasteiger partial charge in [0.25, 0.3) is 0 Å². The van der Waals surface area contributed by atoms with Gasteiger partial charge in [0, 0.05) is 32.6 Å². The highest BCUT2D eigenvalue weighted by Gasteiger charge is 2.28. The van der Waals surface area contributed by atoms with E-state index >= 15 is 0 Å². The molecule has 186 valence electrons. The van der Waals surface area contributed by atoms with Gasteiger partial charge in [0.05, 0.1) is 26.7 Å². The van der Waals surface area contributed by atoms with Crippen LogP contribution in [-0.4, -0.2) is 68.2 Å². The van der Waals surface area contributed by atoms with Crippen LogP contribution in [0.3, 0.4) is 0 Å². The second kappa shape index (κ2) is 20.5. The molecule has 31 heavy (non-hydrogen) atoms. The molecular weight excluding hydrogens is 450 g/mol. The number of nitrogens with zero attached hydrogens (tertiary/aromatic N) is 2. The van der Waals surface area contributed by atoms with Gasteiger partial charge in [-0.3, -0.25) is 9.69 Å². The lowest BCUT2D eigenvalue weighted by Crippen LogP contribution is -3.00. The van der Waals surface area contributed by atoms with Crippen LogP contribution in [0.2, 0.25) is 0 Å². The van der Waals surface area contributed by atoms with Gasteiger partial charge in [0.1, 0.15) is 0 Å². The lowest BCUT2D eigenvalue weighted by atomic mass is 10.1. The van der Waals surface area contributed by atoms with Gasteiger partial charge < -0.3 is 26.8 Å². The summed E-state index contributed by atoms with van der Waals surface area (Å²) >= 11 is 0. The first-order valence-corrected chi connectivity index (χ1v) is 13.4. The first-order valence-electron chi connectivity index (χ1n) is 13.4. The Hall–Kier alpha value is -0.130. The fraction of sp³-hybridized carbons (Fsp3) is 0.962. The third kappa shape index (κ3) is 17.1. The molecule has 0 saturated carbocycles. The molecule has 1 fully saturated rings. The van der Waals surface area contributed by atoms with Gasteiger partial charge in [0.2, 0.25) is 5.91 Å². The molecule has 1 amide bonds.